The molecule has 0 unspecified atom stereocenters. The number of carboxylic acids is 1. The summed E-state index contributed by atoms with van der Waals surface area (Å²) >= 11 is 0. The quantitative estimate of drug-likeness (QED) is 0.364. The molecule has 1 amide bonds. The molecule has 1 aliphatic rings. The van der Waals surface area contributed by atoms with Crippen molar-refractivity contribution in [2.45, 2.75) is 31.4 Å². The first-order valence-electron chi connectivity index (χ1n) is 12.4. The van der Waals surface area contributed by atoms with Gasteiger partial charge in [0.25, 0.3) is 5.91 Å². The van der Waals surface area contributed by atoms with Crippen LogP contribution in [-0.4, -0.2) is 68.6 Å². The van der Waals surface area contributed by atoms with E-state index in [0.717, 1.165) is 0 Å². The van der Waals surface area contributed by atoms with Crippen LogP contribution in [0.4, 0.5) is 5.69 Å². The van der Waals surface area contributed by atoms with E-state index in [2.05, 4.69) is 5.32 Å². The number of rotatable bonds is 11. The van der Waals surface area contributed by atoms with Gasteiger partial charge in [0.1, 0.15) is 17.3 Å². The summed E-state index contributed by atoms with van der Waals surface area (Å²) in [5.41, 5.74) is 0.864. The molecule has 11 nitrogen and oxygen atoms in total. The highest BCUT2D eigenvalue weighted by Crippen LogP contribution is 2.28. The van der Waals surface area contributed by atoms with Crippen LogP contribution in [0.2, 0.25) is 0 Å². The predicted molar refractivity (Wildman–Crippen MR) is 143 cm³/mol. The van der Waals surface area contributed by atoms with Crippen molar-refractivity contribution < 1.29 is 37.0 Å². The Hall–Kier alpha value is -4.03. The summed E-state index contributed by atoms with van der Waals surface area (Å²) in [6, 6.07) is 14.7. The first kappa shape index (κ1) is 28.0. The van der Waals surface area contributed by atoms with Gasteiger partial charge in [-0.2, -0.15) is 4.31 Å². The van der Waals surface area contributed by atoms with Crippen molar-refractivity contribution in [3.8, 4) is 11.5 Å². The van der Waals surface area contributed by atoms with Gasteiger partial charge in [0, 0.05) is 37.9 Å². The number of hydrogen-bond donors (Lipinski definition) is 2. The molecule has 2 aromatic carbocycles. The van der Waals surface area contributed by atoms with Gasteiger partial charge in [0.2, 0.25) is 10.0 Å². The molecule has 1 aliphatic heterocycles. The van der Waals surface area contributed by atoms with Crippen LogP contribution in [0.25, 0.3) is 0 Å². The van der Waals surface area contributed by atoms with Gasteiger partial charge in [-0.05, 0) is 62.4 Å². The lowest BCUT2D eigenvalue weighted by atomic mass is 10.1. The van der Waals surface area contributed by atoms with Gasteiger partial charge >= 0.3 is 5.97 Å². The third-order valence-corrected chi connectivity index (χ3v) is 7.91. The summed E-state index contributed by atoms with van der Waals surface area (Å²) in [5, 5.41) is 11.8. The van der Waals surface area contributed by atoms with Gasteiger partial charge in [-0.3, -0.25) is 4.79 Å². The number of amides is 1. The fourth-order valence-corrected chi connectivity index (χ4v) is 5.55. The van der Waals surface area contributed by atoms with E-state index < -0.39 is 28.5 Å². The van der Waals surface area contributed by atoms with Gasteiger partial charge in [-0.25, -0.2) is 13.2 Å². The lowest BCUT2D eigenvalue weighted by molar-refractivity contribution is -0.139. The van der Waals surface area contributed by atoms with Crippen LogP contribution in [0.15, 0.2) is 70.2 Å². The molecule has 4 rings (SSSR count). The maximum absolute atomic E-state index is 13.2. The Bertz CT molecular complexity index is 1380. The molecule has 0 aliphatic carbocycles. The molecule has 0 bridgehead atoms. The molecule has 1 fully saturated rings. The Labute approximate surface area is 227 Å². The normalized spacial score (nSPS) is 14.3. The summed E-state index contributed by atoms with van der Waals surface area (Å²) in [6.45, 7) is 4.65. The molecule has 39 heavy (non-hydrogen) atoms. The highest BCUT2D eigenvalue weighted by atomic mass is 32.2. The van der Waals surface area contributed by atoms with Crippen molar-refractivity contribution in [2.24, 2.45) is 0 Å². The standard InChI is InChI=1S/C27H31N3O8S/c1-19(2)38-21-6-8-23(9-7-21)39(34,35)30-13-11-29(12-14-30)20-5-10-24(25(16-20)37-18-26(31)32)27(33)28-17-22-4-3-15-36-22/h3-10,15-16,19H,11-14,17-18H2,1-2H3,(H,28,33)(H,31,32). The molecule has 2 N–H and O–H groups in total. The number of anilines is 1. The number of ether oxygens (including phenoxy) is 2. The fraction of sp³-hybridized carbons (Fsp3) is 0.333. The third kappa shape index (κ3) is 7.09. The number of nitrogens with one attached hydrogen (secondary N) is 1. The highest BCUT2D eigenvalue weighted by molar-refractivity contribution is 7.89. The van der Waals surface area contributed by atoms with Crippen molar-refractivity contribution in [2.75, 3.05) is 37.7 Å². The average Bonchev–Trinajstić information content (AvgIpc) is 3.44. The van der Waals surface area contributed by atoms with Gasteiger partial charge in [0.05, 0.1) is 29.4 Å². The van der Waals surface area contributed by atoms with Crippen molar-refractivity contribution >= 4 is 27.6 Å². The number of furan rings is 1. The van der Waals surface area contributed by atoms with E-state index in [0.29, 0.717) is 30.3 Å². The van der Waals surface area contributed by atoms with Crippen molar-refractivity contribution in [3.63, 3.8) is 0 Å². The molecule has 2 heterocycles. The average molecular weight is 558 g/mol. The van der Waals surface area contributed by atoms with E-state index >= 15 is 0 Å². The number of nitrogens with zero attached hydrogens (tertiary/aromatic N) is 2. The smallest absolute Gasteiger partial charge is 0.341 e. The predicted octanol–water partition coefficient (Wildman–Crippen LogP) is 2.97. The molecular formula is C27H31N3O8S. The summed E-state index contributed by atoms with van der Waals surface area (Å²) in [5.74, 6) is -0.331. The number of aliphatic carboxylic acids is 1. The topological polar surface area (TPSA) is 139 Å². The number of hydrogen-bond acceptors (Lipinski definition) is 8. The monoisotopic (exact) mass is 557 g/mol. The highest BCUT2D eigenvalue weighted by Gasteiger charge is 2.29. The van der Waals surface area contributed by atoms with E-state index in [1.165, 1.54) is 10.6 Å². The van der Waals surface area contributed by atoms with Gasteiger partial charge < -0.3 is 29.2 Å². The zero-order valence-electron chi connectivity index (χ0n) is 21.7. The Morgan fingerprint density at radius 1 is 1.05 bits per heavy atom. The SMILES string of the molecule is CC(C)Oc1ccc(S(=O)(=O)N2CCN(c3ccc(C(=O)NCc4ccco4)c(OCC(=O)O)c3)CC2)cc1. The van der Waals surface area contributed by atoms with Crippen molar-refractivity contribution in [1.29, 1.82) is 0 Å². The largest absolute Gasteiger partial charge is 0.491 e. The van der Waals surface area contributed by atoms with Crippen LogP contribution >= 0.6 is 0 Å². The van der Waals surface area contributed by atoms with Gasteiger partial charge in [0.15, 0.2) is 6.61 Å². The Morgan fingerprint density at radius 3 is 2.38 bits per heavy atom. The molecule has 1 aromatic heterocycles. The molecule has 0 radical (unpaired) electrons. The molecule has 0 saturated carbocycles. The van der Waals surface area contributed by atoms with E-state index in [1.807, 2.05) is 18.7 Å². The number of carbonyl (C=O) groups is 2. The van der Waals surface area contributed by atoms with Crippen LogP contribution in [-0.2, 0) is 21.4 Å². The molecule has 1 saturated heterocycles. The Balaban J connectivity index is 1.44. The fourth-order valence-electron chi connectivity index (χ4n) is 4.13. The van der Waals surface area contributed by atoms with Crippen LogP contribution in [0.1, 0.15) is 30.0 Å². The Morgan fingerprint density at radius 2 is 1.77 bits per heavy atom. The lowest BCUT2D eigenvalue weighted by Crippen LogP contribution is -2.48. The van der Waals surface area contributed by atoms with E-state index in [1.54, 1.807) is 54.6 Å². The Kier molecular flexibility index (Phi) is 8.77. The van der Waals surface area contributed by atoms with Gasteiger partial charge in [-0.15, -0.1) is 0 Å². The van der Waals surface area contributed by atoms with E-state index in [9.17, 15) is 18.0 Å². The second-order valence-corrected chi connectivity index (χ2v) is 11.1. The lowest BCUT2D eigenvalue weighted by Gasteiger charge is -2.35. The summed E-state index contributed by atoms with van der Waals surface area (Å²) in [4.78, 5) is 26.1. The molecule has 12 heteroatoms. The minimum absolute atomic E-state index is 0.0132. The van der Waals surface area contributed by atoms with Crippen molar-refractivity contribution in [3.05, 3.63) is 72.2 Å². The zero-order chi connectivity index (χ0) is 28.0. The van der Waals surface area contributed by atoms with Crippen LogP contribution in [0, 0.1) is 0 Å². The second-order valence-electron chi connectivity index (χ2n) is 9.15. The number of piperazine rings is 1. The number of carbonyl (C=O) groups excluding carboxylic acids is 1. The molecular weight excluding hydrogens is 526 g/mol. The summed E-state index contributed by atoms with van der Waals surface area (Å²) in [6.07, 6.45) is 1.49. The van der Waals surface area contributed by atoms with E-state index in [4.69, 9.17) is 19.0 Å². The molecule has 0 atom stereocenters. The third-order valence-electron chi connectivity index (χ3n) is 6.00. The molecule has 208 valence electrons. The molecule has 0 spiro atoms. The second kappa shape index (κ2) is 12.2. The minimum atomic E-state index is -3.68. The minimum Gasteiger partial charge on any atom is -0.491 e. The van der Waals surface area contributed by atoms with Gasteiger partial charge in [-0.1, -0.05) is 0 Å². The maximum atomic E-state index is 13.2. The summed E-state index contributed by atoms with van der Waals surface area (Å²) in [7, 11) is -3.68. The zero-order valence-corrected chi connectivity index (χ0v) is 22.5. The number of carboxylic acid groups (broad SMARTS) is 1. The first-order valence-corrected chi connectivity index (χ1v) is 13.9. The van der Waals surface area contributed by atoms with E-state index in [-0.39, 0.29) is 41.9 Å². The number of benzene rings is 2. The van der Waals surface area contributed by atoms with Crippen molar-refractivity contribution in [1.82, 2.24) is 9.62 Å². The first-order chi connectivity index (χ1) is 18.6. The molecule has 3 aromatic rings. The van der Waals surface area contributed by atoms with Crippen LogP contribution in [0.3, 0.4) is 0 Å². The van der Waals surface area contributed by atoms with Crippen LogP contribution < -0.4 is 19.7 Å². The maximum Gasteiger partial charge on any atom is 0.341 e. The van der Waals surface area contributed by atoms with Crippen LogP contribution in [0.5, 0.6) is 11.5 Å². The summed E-state index contributed by atoms with van der Waals surface area (Å²) < 4.78 is 44.0. The number of sulfonamides is 1.